The first kappa shape index (κ1) is 15.0. The van der Waals surface area contributed by atoms with E-state index in [0.717, 1.165) is 35.9 Å². The zero-order valence-electron chi connectivity index (χ0n) is 12.9. The van der Waals surface area contributed by atoms with Crippen LogP contribution in [-0.4, -0.2) is 19.9 Å². The van der Waals surface area contributed by atoms with Crippen LogP contribution >= 0.6 is 0 Å². The molecule has 0 radical (unpaired) electrons. The molecule has 0 fully saturated rings. The van der Waals surface area contributed by atoms with Crippen molar-refractivity contribution >= 4 is 0 Å². The summed E-state index contributed by atoms with van der Waals surface area (Å²) in [5, 5.41) is 3.44. The van der Waals surface area contributed by atoms with E-state index in [1.54, 1.807) is 0 Å². The molecule has 4 heteroatoms. The zero-order valence-corrected chi connectivity index (χ0v) is 12.9. The van der Waals surface area contributed by atoms with Crippen molar-refractivity contribution in [3.05, 3.63) is 17.7 Å². The highest BCUT2D eigenvalue weighted by molar-refractivity contribution is 5.51. The molecule has 0 saturated heterocycles. The maximum atomic E-state index is 5.91. The summed E-state index contributed by atoms with van der Waals surface area (Å²) in [6.45, 7) is 11.4. The third-order valence-electron chi connectivity index (χ3n) is 3.00. The third kappa shape index (κ3) is 4.04. The zero-order chi connectivity index (χ0) is 14.5. The van der Waals surface area contributed by atoms with Crippen LogP contribution in [0.25, 0.3) is 0 Å². The Morgan fingerprint density at radius 2 is 1.80 bits per heavy atom. The Morgan fingerprint density at radius 1 is 1.10 bits per heavy atom. The first-order valence-electron chi connectivity index (χ1n) is 7.32. The summed E-state index contributed by atoms with van der Waals surface area (Å²) in [6.07, 6.45) is 0. The minimum absolute atomic E-state index is 0.293. The van der Waals surface area contributed by atoms with Gasteiger partial charge in [-0.25, -0.2) is 0 Å². The number of fused-ring (bicyclic) bond motifs is 1. The molecule has 1 aromatic carbocycles. The van der Waals surface area contributed by atoms with Gasteiger partial charge in [-0.05, 0) is 24.4 Å². The molecule has 0 atom stereocenters. The topological polar surface area (TPSA) is 39.7 Å². The van der Waals surface area contributed by atoms with Crippen molar-refractivity contribution in [2.24, 2.45) is 11.8 Å². The van der Waals surface area contributed by atoms with Gasteiger partial charge in [-0.3, -0.25) is 0 Å². The van der Waals surface area contributed by atoms with Gasteiger partial charge >= 0.3 is 0 Å². The van der Waals surface area contributed by atoms with E-state index in [-0.39, 0.29) is 0 Å². The molecule has 0 unspecified atom stereocenters. The molecule has 0 saturated carbocycles. The van der Waals surface area contributed by atoms with E-state index in [0.29, 0.717) is 25.2 Å². The summed E-state index contributed by atoms with van der Waals surface area (Å²) in [5.74, 6) is 3.60. The molecular weight excluding hydrogens is 254 g/mol. The number of ether oxygens (including phenoxy) is 3. The van der Waals surface area contributed by atoms with Gasteiger partial charge in [-0.1, -0.05) is 27.7 Å². The number of hydrogen-bond acceptors (Lipinski definition) is 4. The summed E-state index contributed by atoms with van der Waals surface area (Å²) < 4.78 is 16.8. The average molecular weight is 279 g/mol. The van der Waals surface area contributed by atoms with Crippen molar-refractivity contribution in [3.63, 3.8) is 0 Å². The first-order valence-corrected chi connectivity index (χ1v) is 7.32. The van der Waals surface area contributed by atoms with E-state index >= 15 is 0 Å². The molecule has 2 rings (SSSR count). The van der Waals surface area contributed by atoms with Crippen LogP contribution < -0.4 is 19.5 Å². The van der Waals surface area contributed by atoms with Gasteiger partial charge in [-0.2, -0.15) is 0 Å². The van der Waals surface area contributed by atoms with Gasteiger partial charge in [0.1, 0.15) is 5.75 Å². The number of hydrogen-bond donors (Lipinski definition) is 1. The lowest BCUT2D eigenvalue weighted by atomic mass is 10.1. The van der Waals surface area contributed by atoms with Gasteiger partial charge in [0.15, 0.2) is 11.5 Å². The van der Waals surface area contributed by atoms with Crippen molar-refractivity contribution in [2.75, 3.05) is 19.9 Å². The predicted molar refractivity (Wildman–Crippen MR) is 79.4 cm³/mol. The predicted octanol–water partition coefficient (Wildman–Crippen LogP) is 3.20. The van der Waals surface area contributed by atoms with Gasteiger partial charge in [0.2, 0.25) is 6.79 Å². The van der Waals surface area contributed by atoms with E-state index in [4.69, 9.17) is 14.2 Å². The summed E-state index contributed by atoms with van der Waals surface area (Å²) >= 11 is 0. The highest BCUT2D eigenvalue weighted by Gasteiger charge is 2.18. The molecule has 0 aliphatic carbocycles. The summed E-state index contributed by atoms with van der Waals surface area (Å²) in [4.78, 5) is 0. The number of rotatable bonds is 7. The van der Waals surface area contributed by atoms with Crippen molar-refractivity contribution in [1.82, 2.24) is 5.32 Å². The molecule has 1 heterocycles. The smallest absolute Gasteiger partial charge is 0.231 e. The van der Waals surface area contributed by atoms with Gasteiger partial charge in [0.05, 0.1) is 6.61 Å². The molecule has 0 amide bonds. The summed E-state index contributed by atoms with van der Waals surface area (Å²) in [5.41, 5.74) is 1.12. The molecule has 1 aliphatic heterocycles. The lowest BCUT2D eigenvalue weighted by Gasteiger charge is -2.15. The second-order valence-corrected chi connectivity index (χ2v) is 6.04. The largest absolute Gasteiger partial charge is 0.493 e. The quantitative estimate of drug-likeness (QED) is 0.832. The average Bonchev–Trinajstić information content (AvgIpc) is 2.82. The van der Waals surface area contributed by atoms with Crippen LogP contribution in [0.2, 0.25) is 0 Å². The fourth-order valence-corrected chi connectivity index (χ4v) is 1.99. The van der Waals surface area contributed by atoms with Gasteiger partial charge < -0.3 is 19.5 Å². The second kappa shape index (κ2) is 6.84. The Kier molecular flexibility index (Phi) is 5.12. The van der Waals surface area contributed by atoms with Crippen molar-refractivity contribution in [3.8, 4) is 17.2 Å². The van der Waals surface area contributed by atoms with E-state index < -0.39 is 0 Å². The number of nitrogens with one attached hydrogen (secondary N) is 1. The monoisotopic (exact) mass is 279 g/mol. The Hall–Kier alpha value is -1.42. The first-order chi connectivity index (χ1) is 9.56. The highest BCUT2D eigenvalue weighted by atomic mass is 16.7. The molecule has 112 valence electrons. The van der Waals surface area contributed by atoms with E-state index in [1.807, 2.05) is 12.1 Å². The minimum Gasteiger partial charge on any atom is -0.493 e. The fourth-order valence-electron chi connectivity index (χ4n) is 1.99. The van der Waals surface area contributed by atoms with Gasteiger partial charge in [0.25, 0.3) is 0 Å². The molecule has 0 bridgehead atoms. The van der Waals surface area contributed by atoms with Crippen LogP contribution in [-0.2, 0) is 6.54 Å². The molecule has 20 heavy (non-hydrogen) atoms. The van der Waals surface area contributed by atoms with E-state index in [2.05, 4.69) is 33.0 Å². The SMILES string of the molecule is CC(C)CNCc1cc2c(cc1OCC(C)C)OCO2. The number of benzene rings is 1. The van der Waals surface area contributed by atoms with Crippen LogP contribution in [0.4, 0.5) is 0 Å². The lowest BCUT2D eigenvalue weighted by molar-refractivity contribution is 0.173. The Balaban J connectivity index is 2.09. The molecule has 4 nitrogen and oxygen atoms in total. The fraction of sp³-hybridized carbons (Fsp3) is 0.625. The van der Waals surface area contributed by atoms with Crippen molar-refractivity contribution < 1.29 is 14.2 Å². The molecular formula is C16H25NO3. The minimum atomic E-state index is 0.293. The lowest BCUT2D eigenvalue weighted by Crippen LogP contribution is -2.19. The molecule has 0 spiro atoms. The van der Waals surface area contributed by atoms with Gasteiger partial charge in [-0.15, -0.1) is 0 Å². The van der Waals surface area contributed by atoms with Crippen molar-refractivity contribution in [2.45, 2.75) is 34.2 Å². The van der Waals surface area contributed by atoms with E-state index in [9.17, 15) is 0 Å². The molecule has 1 N–H and O–H groups in total. The third-order valence-corrected chi connectivity index (χ3v) is 3.00. The Labute approximate surface area is 121 Å². The van der Waals surface area contributed by atoms with Crippen LogP contribution in [0.15, 0.2) is 12.1 Å². The van der Waals surface area contributed by atoms with Crippen LogP contribution in [0.3, 0.4) is 0 Å². The standard InChI is InChI=1S/C16H25NO3/c1-11(2)7-17-8-13-5-15-16(20-10-19-15)6-14(13)18-9-12(3)4/h5-6,11-12,17H,7-10H2,1-4H3. The van der Waals surface area contributed by atoms with Crippen LogP contribution in [0, 0.1) is 11.8 Å². The normalized spacial score (nSPS) is 13.3. The van der Waals surface area contributed by atoms with Crippen molar-refractivity contribution in [1.29, 1.82) is 0 Å². The highest BCUT2D eigenvalue weighted by Crippen LogP contribution is 2.38. The Morgan fingerprint density at radius 3 is 2.45 bits per heavy atom. The van der Waals surface area contributed by atoms with E-state index in [1.165, 1.54) is 0 Å². The maximum absolute atomic E-state index is 5.91. The summed E-state index contributed by atoms with van der Waals surface area (Å²) in [7, 11) is 0. The molecule has 1 aliphatic rings. The van der Waals surface area contributed by atoms with Crippen LogP contribution in [0.1, 0.15) is 33.3 Å². The van der Waals surface area contributed by atoms with Crippen LogP contribution in [0.5, 0.6) is 17.2 Å². The van der Waals surface area contributed by atoms with Gasteiger partial charge in [0, 0.05) is 18.2 Å². The molecule has 1 aromatic rings. The Bertz CT molecular complexity index is 444. The summed E-state index contributed by atoms with van der Waals surface area (Å²) in [6, 6.07) is 3.96. The second-order valence-electron chi connectivity index (χ2n) is 6.04. The maximum Gasteiger partial charge on any atom is 0.231 e. The molecule has 0 aromatic heterocycles.